The Kier molecular flexibility index (Phi) is 5.72. The highest BCUT2D eigenvalue weighted by Crippen LogP contribution is 2.46. The van der Waals surface area contributed by atoms with E-state index in [9.17, 15) is 10.1 Å². The molecule has 2 amide bonds. The third-order valence-corrected chi connectivity index (χ3v) is 6.72. The summed E-state index contributed by atoms with van der Waals surface area (Å²) < 4.78 is 0. The van der Waals surface area contributed by atoms with Crippen LogP contribution < -0.4 is 5.32 Å². The molecular formula is C23H34N4O. The molecule has 0 radical (unpaired) electrons. The molecule has 1 aromatic carbocycles. The van der Waals surface area contributed by atoms with E-state index in [1.54, 1.807) is 0 Å². The minimum absolute atomic E-state index is 0.00818. The van der Waals surface area contributed by atoms with E-state index in [2.05, 4.69) is 48.6 Å². The molecule has 3 rings (SSSR count). The normalized spacial score (nSPS) is 28.0. The molecule has 1 aliphatic heterocycles. The molecular weight excluding hydrogens is 348 g/mol. The first-order valence-corrected chi connectivity index (χ1v) is 10.5. The number of nitrogens with zero attached hydrogens (tertiary/aromatic N) is 3. The number of benzene rings is 1. The lowest BCUT2D eigenvalue weighted by molar-refractivity contribution is 0.0886. The Morgan fingerprint density at radius 3 is 2.39 bits per heavy atom. The molecule has 1 spiro atoms. The first kappa shape index (κ1) is 20.7. The lowest BCUT2D eigenvalue weighted by Crippen LogP contribution is -2.54. The molecule has 0 unspecified atom stereocenters. The first-order valence-electron chi connectivity index (χ1n) is 10.5. The van der Waals surface area contributed by atoms with Crippen LogP contribution in [-0.4, -0.2) is 48.1 Å². The number of rotatable bonds is 6. The van der Waals surface area contributed by atoms with Gasteiger partial charge in [0.15, 0.2) is 0 Å². The number of nitrogens with one attached hydrogen (secondary N) is 1. The van der Waals surface area contributed by atoms with Crippen LogP contribution in [-0.2, 0) is 5.54 Å². The van der Waals surface area contributed by atoms with Gasteiger partial charge in [-0.25, -0.2) is 4.79 Å². The highest BCUT2D eigenvalue weighted by Gasteiger charge is 2.52. The number of carbonyl (C=O) groups excluding carboxylic acids is 1. The van der Waals surface area contributed by atoms with Crippen LogP contribution in [0.4, 0.5) is 4.79 Å². The third kappa shape index (κ3) is 3.75. The SMILES string of the molecule is CCCNC1(c2ccccc2)CCC2(CC1)CN(CC(C)(C)C#N)C(=O)N2C. The number of urea groups is 1. The average Bonchev–Trinajstić information content (AvgIpc) is 2.93. The molecule has 1 aliphatic carbocycles. The van der Waals surface area contributed by atoms with Crippen LogP contribution in [0.15, 0.2) is 30.3 Å². The van der Waals surface area contributed by atoms with Crippen molar-refractivity contribution in [2.24, 2.45) is 5.41 Å². The second-order valence-electron chi connectivity index (χ2n) is 9.29. The van der Waals surface area contributed by atoms with Crippen LogP contribution in [0, 0.1) is 16.7 Å². The number of amides is 2. The molecule has 5 heteroatoms. The molecule has 5 nitrogen and oxygen atoms in total. The summed E-state index contributed by atoms with van der Waals surface area (Å²) in [6, 6.07) is 13.2. The van der Waals surface area contributed by atoms with Crippen molar-refractivity contribution in [2.45, 2.75) is 64.0 Å². The molecule has 1 saturated heterocycles. The van der Waals surface area contributed by atoms with Gasteiger partial charge >= 0.3 is 6.03 Å². The Labute approximate surface area is 169 Å². The summed E-state index contributed by atoms with van der Waals surface area (Å²) in [6.45, 7) is 8.23. The van der Waals surface area contributed by atoms with Crippen LogP contribution in [0.25, 0.3) is 0 Å². The molecule has 1 aromatic rings. The maximum atomic E-state index is 12.9. The fourth-order valence-electron chi connectivity index (χ4n) is 4.90. The zero-order chi connectivity index (χ0) is 20.4. The zero-order valence-corrected chi connectivity index (χ0v) is 17.8. The highest BCUT2D eigenvalue weighted by atomic mass is 16.2. The highest BCUT2D eigenvalue weighted by molar-refractivity contribution is 5.78. The topological polar surface area (TPSA) is 59.4 Å². The fraction of sp³-hybridized carbons (Fsp3) is 0.652. The minimum Gasteiger partial charge on any atom is -0.321 e. The van der Waals surface area contributed by atoms with E-state index in [0.29, 0.717) is 6.54 Å². The average molecular weight is 383 g/mol. The molecule has 1 heterocycles. The van der Waals surface area contributed by atoms with E-state index in [1.165, 1.54) is 5.56 Å². The molecule has 0 atom stereocenters. The van der Waals surface area contributed by atoms with Crippen molar-refractivity contribution in [2.75, 3.05) is 26.7 Å². The Balaban J connectivity index is 1.79. The van der Waals surface area contributed by atoms with Crippen molar-refractivity contribution in [3.63, 3.8) is 0 Å². The van der Waals surface area contributed by atoms with Gasteiger partial charge in [-0.05, 0) is 58.1 Å². The van der Waals surface area contributed by atoms with Crippen LogP contribution >= 0.6 is 0 Å². The van der Waals surface area contributed by atoms with Crippen molar-refractivity contribution in [1.29, 1.82) is 5.26 Å². The maximum absolute atomic E-state index is 12.9. The molecule has 0 aromatic heterocycles. The molecule has 2 aliphatic rings. The van der Waals surface area contributed by atoms with Gasteiger partial charge in [-0.3, -0.25) is 0 Å². The summed E-state index contributed by atoms with van der Waals surface area (Å²) in [5.74, 6) is 0. The maximum Gasteiger partial charge on any atom is 0.320 e. The van der Waals surface area contributed by atoms with E-state index in [1.807, 2.05) is 30.7 Å². The molecule has 28 heavy (non-hydrogen) atoms. The molecule has 1 N–H and O–H groups in total. The predicted octanol–water partition coefficient (Wildman–Crippen LogP) is 4.11. The fourth-order valence-corrected chi connectivity index (χ4v) is 4.90. The van der Waals surface area contributed by atoms with E-state index in [0.717, 1.165) is 45.2 Å². The summed E-state index contributed by atoms with van der Waals surface area (Å²) in [4.78, 5) is 16.7. The molecule has 0 bridgehead atoms. The van der Waals surface area contributed by atoms with Gasteiger partial charge < -0.3 is 15.1 Å². The number of hydrogen-bond acceptors (Lipinski definition) is 3. The monoisotopic (exact) mass is 382 g/mol. The van der Waals surface area contributed by atoms with E-state index in [-0.39, 0.29) is 17.1 Å². The number of likely N-dealkylation sites (N-methyl/N-ethyl adjacent to an activating group) is 1. The van der Waals surface area contributed by atoms with Gasteiger partial charge in [0.1, 0.15) is 0 Å². The van der Waals surface area contributed by atoms with Gasteiger partial charge in [-0.15, -0.1) is 0 Å². The third-order valence-electron chi connectivity index (χ3n) is 6.72. The van der Waals surface area contributed by atoms with Gasteiger partial charge in [-0.1, -0.05) is 37.3 Å². The first-order chi connectivity index (χ1) is 13.3. The summed E-state index contributed by atoms with van der Waals surface area (Å²) in [7, 11) is 1.94. The van der Waals surface area contributed by atoms with Crippen molar-refractivity contribution in [3.8, 4) is 6.07 Å². The lowest BCUT2D eigenvalue weighted by atomic mass is 9.69. The van der Waals surface area contributed by atoms with E-state index >= 15 is 0 Å². The number of hydrogen-bond donors (Lipinski definition) is 1. The molecule has 152 valence electrons. The smallest absolute Gasteiger partial charge is 0.320 e. The Bertz CT molecular complexity index is 729. The molecule has 2 fully saturated rings. The van der Waals surface area contributed by atoms with Gasteiger partial charge in [0, 0.05) is 25.7 Å². The van der Waals surface area contributed by atoms with Crippen LogP contribution in [0.2, 0.25) is 0 Å². The Hall–Kier alpha value is -2.06. The van der Waals surface area contributed by atoms with Crippen molar-refractivity contribution in [1.82, 2.24) is 15.1 Å². The largest absolute Gasteiger partial charge is 0.321 e. The van der Waals surface area contributed by atoms with Crippen LogP contribution in [0.1, 0.15) is 58.4 Å². The lowest BCUT2D eigenvalue weighted by Gasteiger charge is -2.48. The van der Waals surface area contributed by atoms with Gasteiger partial charge in [0.25, 0.3) is 0 Å². The quantitative estimate of drug-likeness (QED) is 0.805. The summed E-state index contributed by atoms with van der Waals surface area (Å²) in [5.41, 5.74) is 0.709. The second kappa shape index (κ2) is 7.75. The minimum atomic E-state index is -0.521. The van der Waals surface area contributed by atoms with E-state index in [4.69, 9.17) is 0 Å². The van der Waals surface area contributed by atoms with E-state index < -0.39 is 5.41 Å². The number of nitriles is 1. The zero-order valence-electron chi connectivity index (χ0n) is 17.8. The van der Waals surface area contributed by atoms with Crippen molar-refractivity contribution >= 4 is 6.03 Å². The van der Waals surface area contributed by atoms with Gasteiger partial charge in [-0.2, -0.15) is 5.26 Å². The summed E-state index contributed by atoms with van der Waals surface area (Å²) >= 11 is 0. The van der Waals surface area contributed by atoms with Crippen LogP contribution in [0.5, 0.6) is 0 Å². The summed E-state index contributed by atoms with van der Waals surface area (Å²) in [5, 5.41) is 13.2. The number of carbonyl (C=O) groups is 1. The Morgan fingerprint density at radius 2 is 1.82 bits per heavy atom. The second-order valence-corrected chi connectivity index (χ2v) is 9.29. The van der Waals surface area contributed by atoms with Crippen molar-refractivity contribution in [3.05, 3.63) is 35.9 Å². The van der Waals surface area contributed by atoms with Gasteiger partial charge in [0.05, 0.1) is 17.0 Å². The van der Waals surface area contributed by atoms with Crippen molar-refractivity contribution < 1.29 is 4.79 Å². The predicted molar refractivity (Wildman–Crippen MR) is 112 cm³/mol. The standard InChI is InChI=1S/C23H34N4O/c1-5-15-25-23(19-9-7-6-8-10-19)13-11-22(12-14-23)18-27(20(28)26(22)4)17-21(2,3)16-24/h6-10,25H,5,11-15,17-18H2,1-4H3. The van der Waals surface area contributed by atoms with Crippen LogP contribution in [0.3, 0.4) is 0 Å². The summed E-state index contributed by atoms with van der Waals surface area (Å²) in [6.07, 6.45) is 5.10. The van der Waals surface area contributed by atoms with Gasteiger partial charge in [0.2, 0.25) is 0 Å². The molecule has 1 saturated carbocycles. The Morgan fingerprint density at radius 1 is 1.18 bits per heavy atom.